The summed E-state index contributed by atoms with van der Waals surface area (Å²) in [7, 11) is 0. The smallest absolute Gasteiger partial charge is 0.176 e. The molecule has 5 rings (SSSR count). The first-order valence-corrected chi connectivity index (χ1v) is 13.5. The van der Waals surface area contributed by atoms with Gasteiger partial charge in [0.25, 0.3) is 0 Å². The second kappa shape index (κ2) is 11.6. The van der Waals surface area contributed by atoms with Crippen molar-refractivity contribution in [1.29, 1.82) is 0 Å². The van der Waals surface area contributed by atoms with Crippen molar-refractivity contribution >= 4 is 63.2 Å². The first kappa shape index (κ1) is 26.3. The summed E-state index contributed by atoms with van der Waals surface area (Å²) < 4.78 is 0. The molecule has 0 spiro atoms. The molecule has 0 radical (unpaired) electrons. The number of rotatable bonds is 6. The van der Waals surface area contributed by atoms with Crippen LogP contribution in [0, 0.1) is 12.8 Å². The number of benzene rings is 2. The van der Waals surface area contributed by atoms with Crippen LogP contribution in [0.1, 0.15) is 31.5 Å². The normalized spacial score (nSPS) is 14.7. The zero-order valence-corrected chi connectivity index (χ0v) is 23.6. The third-order valence-corrected chi connectivity index (χ3v) is 7.01. The topological polar surface area (TPSA) is 105 Å². The molecule has 0 saturated carbocycles. The lowest BCUT2D eigenvalue weighted by Crippen LogP contribution is -2.20. The van der Waals surface area contributed by atoms with E-state index in [1.165, 1.54) is 16.7 Å². The van der Waals surface area contributed by atoms with Gasteiger partial charge >= 0.3 is 0 Å². The number of aromatic amines is 2. The van der Waals surface area contributed by atoms with Crippen molar-refractivity contribution in [3.63, 3.8) is 0 Å². The van der Waals surface area contributed by atoms with E-state index >= 15 is 0 Å². The maximum absolute atomic E-state index is 5.48. The largest absolute Gasteiger partial charge is 0.332 e. The van der Waals surface area contributed by atoms with Crippen LogP contribution in [-0.4, -0.2) is 30.6 Å². The molecule has 1 aliphatic rings. The van der Waals surface area contributed by atoms with Gasteiger partial charge in [-0.15, -0.1) is 0 Å². The summed E-state index contributed by atoms with van der Waals surface area (Å²) in [4.78, 5) is 0. The minimum atomic E-state index is 0.442. The minimum Gasteiger partial charge on any atom is -0.332 e. The highest BCUT2D eigenvalue weighted by Gasteiger charge is 2.15. The SMILES string of the molecule is CC1=CC=C(c2cc(NC(=S)Nc3ccc(NC(=S)Nc4cc(-c5ccc(C)cc5)[nH]n4)cc3)n[nH]2)CC1C. The number of nitrogens with one attached hydrogen (secondary N) is 6. The molecule has 0 saturated heterocycles. The fourth-order valence-corrected chi connectivity index (χ4v) is 4.61. The monoisotopic (exact) mass is 554 g/mol. The Hall–Kier alpha value is -4.28. The fraction of sp³-hybridized carbons (Fsp3) is 0.172. The summed E-state index contributed by atoms with van der Waals surface area (Å²) in [6.07, 6.45) is 5.31. The van der Waals surface area contributed by atoms with Crippen molar-refractivity contribution in [2.45, 2.75) is 27.2 Å². The van der Waals surface area contributed by atoms with Crippen LogP contribution < -0.4 is 21.3 Å². The van der Waals surface area contributed by atoms with Gasteiger partial charge in [-0.05, 0) is 86.0 Å². The van der Waals surface area contributed by atoms with Crippen molar-refractivity contribution in [3.8, 4) is 11.3 Å². The van der Waals surface area contributed by atoms with E-state index in [1.807, 2.05) is 36.4 Å². The predicted molar refractivity (Wildman–Crippen MR) is 169 cm³/mol. The Balaban J connectivity index is 1.11. The molecule has 2 aromatic carbocycles. The predicted octanol–water partition coefficient (Wildman–Crippen LogP) is 7.10. The lowest BCUT2D eigenvalue weighted by Gasteiger charge is -2.17. The fourth-order valence-electron chi connectivity index (χ4n) is 4.17. The molecule has 0 bridgehead atoms. The summed E-state index contributed by atoms with van der Waals surface area (Å²) in [5, 5.41) is 28.3. The second-order valence-electron chi connectivity index (χ2n) is 9.64. The molecule has 8 nitrogen and oxygen atoms in total. The quantitative estimate of drug-likeness (QED) is 0.140. The molecular weight excluding hydrogens is 525 g/mol. The number of hydrogen-bond donors (Lipinski definition) is 6. The van der Waals surface area contributed by atoms with E-state index in [-0.39, 0.29) is 0 Å². The Labute approximate surface area is 238 Å². The van der Waals surface area contributed by atoms with Crippen LogP contribution in [0.25, 0.3) is 16.8 Å². The van der Waals surface area contributed by atoms with Gasteiger partial charge in [0.05, 0.1) is 11.4 Å². The number of hydrogen-bond acceptors (Lipinski definition) is 4. The van der Waals surface area contributed by atoms with E-state index in [9.17, 15) is 0 Å². The summed E-state index contributed by atoms with van der Waals surface area (Å²) in [5.41, 5.74) is 8.50. The van der Waals surface area contributed by atoms with Crippen molar-refractivity contribution < 1.29 is 0 Å². The van der Waals surface area contributed by atoms with Crippen molar-refractivity contribution in [3.05, 3.63) is 89.6 Å². The average Bonchev–Trinajstić information content (AvgIpc) is 3.57. The van der Waals surface area contributed by atoms with Crippen LogP contribution in [0.4, 0.5) is 23.0 Å². The van der Waals surface area contributed by atoms with Gasteiger partial charge < -0.3 is 21.3 Å². The first-order valence-electron chi connectivity index (χ1n) is 12.6. The number of nitrogens with zero attached hydrogens (tertiary/aromatic N) is 2. The molecule has 10 heteroatoms. The number of H-pyrrole nitrogens is 2. The van der Waals surface area contributed by atoms with Crippen LogP contribution >= 0.6 is 24.4 Å². The van der Waals surface area contributed by atoms with E-state index in [4.69, 9.17) is 24.4 Å². The highest BCUT2D eigenvalue weighted by molar-refractivity contribution is 7.81. The highest BCUT2D eigenvalue weighted by Crippen LogP contribution is 2.30. The summed E-state index contributed by atoms with van der Waals surface area (Å²) in [5.74, 6) is 1.83. The molecule has 1 atom stereocenters. The summed E-state index contributed by atoms with van der Waals surface area (Å²) in [6.45, 7) is 6.46. The maximum Gasteiger partial charge on any atom is 0.176 e. The Morgan fingerprint density at radius 2 is 1.28 bits per heavy atom. The third-order valence-electron chi connectivity index (χ3n) is 6.60. The zero-order chi connectivity index (χ0) is 27.4. The third kappa shape index (κ3) is 6.78. The lowest BCUT2D eigenvalue weighted by molar-refractivity contribution is 0.695. The van der Waals surface area contributed by atoms with Gasteiger partial charge in [0.2, 0.25) is 0 Å². The molecule has 0 aliphatic heterocycles. The highest BCUT2D eigenvalue weighted by atomic mass is 32.1. The molecule has 1 aliphatic carbocycles. The van der Waals surface area contributed by atoms with Crippen molar-refractivity contribution in [2.24, 2.45) is 5.92 Å². The van der Waals surface area contributed by atoms with E-state index in [0.29, 0.717) is 27.8 Å². The second-order valence-corrected chi connectivity index (χ2v) is 10.5. The maximum atomic E-state index is 5.48. The van der Waals surface area contributed by atoms with Gasteiger partial charge in [-0.1, -0.05) is 54.5 Å². The van der Waals surface area contributed by atoms with Crippen LogP contribution in [0.2, 0.25) is 0 Å². The van der Waals surface area contributed by atoms with Crippen LogP contribution in [0.5, 0.6) is 0 Å². The number of aryl methyl sites for hydroxylation is 1. The minimum absolute atomic E-state index is 0.442. The van der Waals surface area contributed by atoms with Gasteiger partial charge in [-0.25, -0.2) is 0 Å². The first-order chi connectivity index (χ1) is 18.8. The van der Waals surface area contributed by atoms with E-state index in [1.54, 1.807) is 0 Å². The summed E-state index contributed by atoms with van der Waals surface area (Å²) in [6, 6.07) is 19.8. The molecule has 6 N–H and O–H groups in total. The average molecular weight is 555 g/mol. The van der Waals surface area contributed by atoms with E-state index < -0.39 is 0 Å². The van der Waals surface area contributed by atoms with E-state index in [2.05, 4.69) is 98.9 Å². The number of anilines is 4. The Morgan fingerprint density at radius 3 is 1.85 bits per heavy atom. The van der Waals surface area contributed by atoms with Gasteiger partial charge in [0.1, 0.15) is 0 Å². The Bertz CT molecular complexity index is 1540. The van der Waals surface area contributed by atoms with Crippen LogP contribution in [0.3, 0.4) is 0 Å². The molecule has 39 heavy (non-hydrogen) atoms. The van der Waals surface area contributed by atoms with Crippen LogP contribution in [-0.2, 0) is 0 Å². The van der Waals surface area contributed by atoms with Crippen molar-refractivity contribution in [2.75, 3.05) is 21.3 Å². The Morgan fingerprint density at radius 1 is 0.744 bits per heavy atom. The van der Waals surface area contributed by atoms with Crippen LogP contribution in [0.15, 0.2) is 78.4 Å². The Kier molecular flexibility index (Phi) is 7.85. The molecule has 2 aromatic heterocycles. The molecule has 1 unspecified atom stereocenters. The van der Waals surface area contributed by atoms with Gasteiger partial charge in [0.15, 0.2) is 21.9 Å². The summed E-state index contributed by atoms with van der Waals surface area (Å²) >= 11 is 10.9. The molecule has 0 amide bonds. The molecular formula is C29H30N8S2. The molecule has 2 heterocycles. The van der Waals surface area contributed by atoms with Gasteiger partial charge in [-0.3, -0.25) is 10.2 Å². The van der Waals surface area contributed by atoms with E-state index in [0.717, 1.165) is 34.7 Å². The van der Waals surface area contributed by atoms with Gasteiger partial charge in [-0.2, -0.15) is 10.2 Å². The lowest BCUT2D eigenvalue weighted by atomic mass is 9.88. The number of allylic oxidation sites excluding steroid dienone is 4. The molecule has 4 aromatic rings. The zero-order valence-electron chi connectivity index (χ0n) is 21.9. The number of thiocarbonyl (C=S) groups is 2. The number of aromatic nitrogens is 4. The molecule has 198 valence electrons. The van der Waals surface area contributed by atoms with Gasteiger partial charge in [0, 0.05) is 23.5 Å². The standard InChI is InChI=1S/C29H30N8S2/c1-17-4-7-20(8-5-17)24-15-26(36-34-24)32-28(38)30-22-10-12-23(13-11-22)31-29(39)33-27-16-25(35-37-27)21-9-6-18(2)19(3)14-21/h4-13,15-16,19H,14H2,1-3H3,(H3,30,32,34,36,38)(H3,31,33,35,37,39). The molecule has 0 fully saturated rings. The van der Waals surface area contributed by atoms with Crippen molar-refractivity contribution in [1.82, 2.24) is 20.4 Å².